The van der Waals surface area contributed by atoms with E-state index in [9.17, 15) is 0 Å². The maximum atomic E-state index is 8.59. The first-order chi connectivity index (χ1) is 6.90. The summed E-state index contributed by atoms with van der Waals surface area (Å²) in [6.07, 6.45) is 6.69. The monoisotopic (exact) mass is 192 g/mol. The van der Waals surface area contributed by atoms with Gasteiger partial charge in [-0.15, -0.1) is 0 Å². The number of oxime groups is 1. The van der Waals surface area contributed by atoms with E-state index in [1.807, 2.05) is 0 Å². The molecular weight excluding hydrogens is 180 g/mol. The quantitative estimate of drug-likeness (QED) is 0.530. The van der Waals surface area contributed by atoms with E-state index in [4.69, 9.17) is 5.21 Å². The standard InChI is InChI=1S/C9H12N4O/c14-12-8-1-5-13(6-2-8)9-7-10-3-4-11-9/h3-4,7,14H,1-2,5-6H2. The van der Waals surface area contributed by atoms with Gasteiger partial charge in [0.05, 0.1) is 11.9 Å². The van der Waals surface area contributed by atoms with Crippen LogP contribution in [0.2, 0.25) is 0 Å². The van der Waals surface area contributed by atoms with E-state index < -0.39 is 0 Å². The average molecular weight is 192 g/mol. The smallest absolute Gasteiger partial charge is 0.147 e. The molecule has 1 aromatic heterocycles. The molecule has 0 bridgehead atoms. The van der Waals surface area contributed by atoms with E-state index >= 15 is 0 Å². The van der Waals surface area contributed by atoms with Gasteiger partial charge in [-0.25, -0.2) is 4.98 Å². The van der Waals surface area contributed by atoms with Gasteiger partial charge in [0.15, 0.2) is 0 Å². The maximum absolute atomic E-state index is 8.59. The molecule has 1 saturated heterocycles. The van der Waals surface area contributed by atoms with Crippen molar-refractivity contribution >= 4 is 11.5 Å². The summed E-state index contributed by atoms with van der Waals surface area (Å²) in [4.78, 5) is 10.4. The second kappa shape index (κ2) is 4.04. The number of piperidine rings is 1. The highest BCUT2D eigenvalue weighted by Crippen LogP contribution is 2.14. The zero-order chi connectivity index (χ0) is 9.80. The number of hydrogen-bond donors (Lipinski definition) is 1. The largest absolute Gasteiger partial charge is 0.411 e. The summed E-state index contributed by atoms with van der Waals surface area (Å²) < 4.78 is 0. The molecule has 0 spiro atoms. The highest BCUT2D eigenvalue weighted by atomic mass is 16.4. The van der Waals surface area contributed by atoms with Gasteiger partial charge in [0.2, 0.25) is 0 Å². The topological polar surface area (TPSA) is 61.6 Å². The molecular formula is C9H12N4O. The Kier molecular flexibility index (Phi) is 2.58. The van der Waals surface area contributed by atoms with Crippen molar-refractivity contribution in [2.45, 2.75) is 12.8 Å². The van der Waals surface area contributed by atoms with Crippen molar-refractivity contribution in [1.82, 2.24) is 9.97 Å². The van der Waals surface area contributed by atoms with Crippen LogP contribution in [0, 0.1) is 0 Å². The molecule has 0 aliphatic carbocycles. The van der Waals surface area contributed by atoms with E-state index in [-0.39, 0.29) is 0 Å². The molecule has 0 atom stereocenters. The van der Waals surface area contributed by atoms with Crippen molar-refractivity contribution < 1.29 is 5.21 Å². The second-order valence-corrected chi connectivity index (χ2v) is 3.22. The summed E-state index contributed by atoms with van der Waals surface area (Å²) in [5, 5.41) is 11.8. The first kappa shape index (κ1) is 8.93. The molecule has 0 aromatic carbocycles. The lowest BCUT2D eigenvalue weighted by Crippen LogP contribution is -2.34. The van der Waals surface area contributed by atoms with Crippen molar-refractivity contribution in [3.63, 3.8) is 0 Å². The Morgan fingerprint density at radius 2 is 2.07 bits per heavy atom. The normalized spacial score (nSPS) is 16.9. The molecule has 2 rings (SSSR count). The molecule has 14 heavy (non-hydrogen) atoms. The lowest BCUT2D eigenvalue weighted by molar-refractivity contribution is 0.315. The lowest BCUT2D eigenvalue weighted by atomic mass is 10.1. The average Bonchev–Trinajstić information content (AvgIpc) is 2.30. The van der Waals surface area contributed by atoms with Gasteiger partial charge in [0.25, 0.3) is 0 Å². The highest BCUT2D eigenvalue weighted by Gasteiger charge is 2.16. The van der Waals surface area contributed by atoms with E-state index in [1.54, 1.807) is 18.6 Å². The fourth-order valence-corrected chi connectivity index (χ4v) is 1.55. The predicted octanol–water partition coefficient (Wildman–Crippen LogP) is 0.907. The van der Waals surface area contributed by atoms with Crippen LogP contribution >= 0.6 is 0 Å². The molecule has 1 fully saturated rings. The minimum Gasteiger partial charge on any atom is -0.411 e. The van der Waals surface area contributed by atoms with Crippen molar-refractivity contribution in [1.29, 1.82) is 0 Å². The summed E-state index contributed by atoms with van der Waals surface area (Å²) in [6, 6.07) is 0. The molecule has 0 radical (unpaired) electrons. The summed E-state index contributed by atoms with van der Waals surface area (Å²) in [7, 11) is 0. The van der Waals surface area contributed by atoms with Crippen LogP contribution in [-0.2, 0) is 0 Å². The SMILES string of the molecule is ON=C1CCN(c2cnccn2)CC1. The van der Waals surface area contributed by atoms with Crippen LogP contribution in [0.4, 0.5) is 5.82 Å². The lowest BCUT2D eigenvalue weighted by Gasteiger charge is -2.27. The number of nitrogens with zero attached hydrogens (tertiary/aromatic N) is 4. The summed E-state index contributed by atoms with van der Waals surface area (Å²) >= 11 is 0. The van der Waals surface area contributed by atoms with Crippen LogP contribution in [-0.4, -0.2) is 34.0 Å². The molecule has 74 valence electrons. The van der Waals surface area contributed by atoms with Crippen molar-refractivity contribution in [3.05, 3.63) is 18.6 Å². The summed E-state index contributed by atoms with van der Waals surface area (Å²) in [5.74, 6) is 0.893. The molecule has 0 saturated carbocycles. The molecule has 0 amide bonds. The molecule has 1 aliphatic rings. The van der Waals surface area contributed by atoms with Gasteiger partial charge in [-0.2, -0.15) is 0 Å². The predicted molar refractivity (Wildman–Crippen MR) is 52.7 cm³/mol. The molecule has 5 heteroatoms. The number of anilines is 1. The van der Waals surface area contributed by atoms with Crippen LogP contribution in [0.3, 0.4) is 0 Å². The van der Waals surface area contributed by atoms with Gasteiger partial charge in [-0.3, -0.25) is 4.98 Å². The fourth-order valence-electron chi connectivity index (χ4n) is 1.55. The molecule has 1 aliphatic heterocycles. The van der Waals surface area contributed by atoms with E-state index in [1.165, 1.54) is 0 Å². The Morgan fingerprint density at radius 1 is 1.29 bits per heavy atom. The first-order valence-corrected chi connectivity index (χ1v) is 4.61. The third kappa shape index (κ3) is 1.81. The van der Waals surface area contributed by atoms with Gasteiger partial charge in [-0.05, 0) is 0 Å². The number of hydrogen-bond acceptors (Lipinski definition) is 5. The van der Waals surface area contributed by atoms with Crippen LogP contribution in [0.5, 0.6) is 0 Å². The Balaban J connectivity index is 2.03. The minimum absolute atomic E-state index is 0.799. The van der Waals surface area contributed by atoms with Crippen molar-refractivity contribution in [3.8, 4) is 0 Å². The summed E-state index contributed by atoms with van der Waals surface area (Å²) in [5.41, 5.74) is 0.866. The van der Waals surface area contributed by atoms with Crippen molar-refractivity contribution in [2.75, 3.05) is 18.0 Å². The zero-order valence-electron chi connectivity index (χ0n) is 7.80. The maximum Gasteiger partial charge on any atom is 0.147 e. The molecule has 5 nitrogen and oxygen atoms in total. The Labute approximate surface area is 82.1 Å². The first-order valence-electron chi connectivity index (χ1n) is 4.61. The van der Waals surface area contributed by atoms with Crippen molar-refractivity contribution in [2.24, 2.45) is 5.16 Å². The minimum atomic E-state index is 0.799. The Bertz CT molecular complexity index is 315. The van der Waals surface area contributed by atoms with Crippen LogP contribution in [0.1, 0.15) is 12.8 Å². The molecule has 1 N–H and O–H groups in total. The number of aromatic nitrogens is 2. The van der Waals surface area contributed by atoms with Crippen LogP contribution in [0.15, 0.2) is 23.7 Å². The van der Waals surface area contributed by atoms with Gasteiger partial charge in [0.1, 0.15) is 5.82 Å². The van der Waals surface area contributed by atoms with Gasteiger partial charge in [0, 0.05) is 38.3 Å². The Morgan fingerprint density at radius 3 is 2.64 bits per heavy atom. The van der Waals surface area contributed by atoms with E-state index in [0.717, 1.165) is 37.5 Å². The zero-order valence-corrected chi connectivity index (χ0v) is 7.80. The van der Waals surface area contributed by atoms with E-state index in [2.05, 4.69) is 20.0 Å². The fraction of sp³-hybridized carbons (Fsp3) is 0.444. The van der Waals surface area contributed by atoms with Gasteiger partial charge >= 0.3 is 0 Å². The molecule has 1 aromatic rings. The molecule has 2 heterocycles. The third-order valence-electron chi connectivity index (χ3n) is 2.36. The highest BCUT2D eigenvalue weighted by molar-refractivity contribution is 5.85. The van der Waals surface area contributed by atoms with Crippen LogP contribution < -0.4 is 4.90 Å². The molecule has 0 unspecified atom stereocenters. The van der Waals surface area contributed by atoms with E-state index in [0.29, 0.717) is 0 Å². The Hall–Kier alpha value is -1.65. The van der Waals surface area contributed by atoms with Gasteiger partial charge in [-0.1, -0.05) is 5.16 Å². The summed E-state index contributed by atoms with van der Waals surface area (Å²) in [6.45, 7) is 1.69. The third-order valence-corrected chi connectivity index (χ3v) is 2.36. The van der Waals surface area contributed by atoms with Gasteiger partial charge < -0.3 is 10.1 Å². The number of rotatable bonds is 1. The second-order valence-electron chi connectivity index (χ2n) is 3.22. The van der Waals surface area contributed by atoms with Crippen LogP contribution in [0.25, 0.3) is 0 Å².